The van der Waals surface area contributed by atoms with Gasteiger partial charge in [-0.25, -0.2) is 4.39 Å². The summed E-state index contributed by atoms with van der Waals surface area (Å²) in [4.78, 5) is 0. The summed E-state index contributed by atoms with van der Waals surface area (Å²) in [6.45, 7) is 7.42. The summed E-state index contributed by atoms with van der Waals surface area (Å²) in [5.74, 6) is 0.486. The number of ether oxygens (including phenoxy) is 1. The van der Waals surface area contributed by atoms with Crippen molar-refractivity contribution in [2.45, 2.75) is 58.1 Å². The molecule has 1 aliphatic rings. The highest BCUT2D eigenvalue weighted by Crippen LogP contribution is 2.42. The third-order valence-electron chi connectivity index (χ3n) is 4.18. The van der Waals surface area contributed by atoms with Crippen LogP contribution < -0.4 is 10.1 Å². The molecule has 0 bridgehead atoms. The summed E-state index contributed by atoms with van der Waals surface area (Å²) in [5, 5.41) is 3.57. The zero-order chi connectivity index (χ0) is 13.9. The van der Waals surface area contributed by atoms with Gasteiger partial charge in [-0.3, -0.25) is 0 Å². The van der Waals surface area contributed by atoms with Gasteiger partial charge in [0.1, 0.15) is 17.2 Å². The highest BCUT2D eigenvalue weighted by Gasteiger charge is 2.38. The summed E-state index contributed by atoms with van der Waals surface area (Å²) in [7, 11) is 0. The van der Waals surface area contributed by atoms with E-state index in [2.05, 4.69) is 26.1 Å². The summed E-state index contributed by atoms with van der Waals surface area (Å²) < 4.78 is 19.6. The van der Waals surface area contributed by atoms with Crippen molar-refractivity contribution in [2.24, 2.45) is 0 Å². The number of fused-ring (bicyclic) bond motifs is 1. The standard InChI is InChI=1S/C16H24FNO/c1-4-9-18-14-11-16(5-2,6-3)19-15-10-12(17)7-8-13(14)15/h7-8,10,14,18H,4-6,9,11H2,1-3H3. The molecule has 1 heterocycles. The fourth-order valence-electron chi connectivity index (χ4n) is 2.83. The Kier molecular flexibility index (Phi) is 4.46. The molecule has 19 heavy (non-hydrogen) atoms. The second-order valence-electron chi connectivity index (χ2n) is 5.39. The topological polar surface area (TPSA) is 21.3 Å². The molecule has 1 unspecified atom stereocenters. The average Bonchev–Trinajstić information content (AvgIpc) is 2.43. The lowest BCUT2D eigenvalue weighted by atomic mass is 9.83. The van der Waals surface area contributed by atoms with E-state index < -0.39 is 0 Å². The molecule has 0 fully saturated rings. The Balaban J connectivity index is 2.34. The molecular formula is C16H24FNO. The van der Waals surface area contributed by atoms with E-state index in [1.165, 1.54) is 12.1 Å². The third-order valence-corrected chi connectivity index (χ3v) is 4.18. The van der Waals surface area contributed by atoms with E-state index in [0.717, 1.165) is 37.8 Å². The maximum absolute atomic E-state index is 13.4. The predicted octanol–water partition coefficient (Wildman–Crippen LogP) is 4.21. The molecule has 0 amide bonds. The number of halogens is 1. The van der Waals surface area contributed by atoms with Crippen LogP contribution >= 0.6 is 0 Å². The van der Waals surface area contributed by atoms with Crippen molar-refractivity contribution in [1.29, 1.82) is 0 Å². The van der Waals surface area contributed by atoms with Gasteiger partial charge in [0.25, 0.3) is 0 Å². The molecule has 0 radical (unpaired) electrons. The van der Waals surface area contributed by atoms with Crippen molar-refractivity contribution in [3.63, 3.8) is 0 Å². The number of nitrogens with one attached hydrogen (secondary N) is 1. The van der Waals surface area contributed by atoms with Crippen LogP contribution in [0.4, 0.5) is 4.39 Å². The molecule has 1 aromatic carbocycles. The largest absolute Gasteiger partial charge is 0.487 e. The van der Waals surface area contributed by atoms with Gasteiger partial charge in [0.15, 0.2) is 0 Å². The highest BCUT2D eigenvalue weighted by atomic mass is 19.1. The van der Waals surface area contributed by atoms with Gasteiger partial charge in [0.05, 0.1) is 0 Å². The molecule has 3 heteroatoms. The number of benzene rings is 1. The van der Waals surface area contributed by atoms with Gasteiger partial charge in [-0.1, -0.05) is 26.8 Å². The molecule has 1 atom stereocenters. The van der Waals surface area contributed by atoms with Crippen molar-refractivity contribution in [3.8, 4) is 5.75 Å². The lowest BCUT2D eigenvalue weighted by molar-refractivity contribution is 0.0225. The molecular weight excluding hydrogens is 241 g/mol. The monoisotopic (exact) mass is 265 g/mol. The molecule has 0 aliphatic carbocycles. The van der Waals surface area contributed by atoms with Gasteiger partial charge in [0, 0.05) is 24.1 Å². The van der Waals surface area contributed by atoms with Crippen LogP contribution in [0.5, 0.6) is 5.75 Å². The number of hydrogen-bond donors (Lipinski definition) is 1. The first-order valence-electron chi connectivity index (χ1n) is 7.36. The second-order valence-corrected chi connectivity index (χ2v) is 5.39. The quantitative estimate of drug-likeness (QED) is 0.861. The van der Waals surface area contributed by atoms with E-state index in [0.29, 0.717) is 5.75 Å². The Bertz CT molecular complexity index is 429. The SMILES string of the molecule is CCCNC1CC(CC)(CC)Oc2cc(F)ccc21. The van der Waals surface area contributed by atoms with Crippen LogP contribution in [0.1, 0.15) is 58.1 Å². The minimum atomic E-state index is -0.226. The molecule has 1 aromatic rings. The van der Waals surface area contributed by atoms with E-state index >= 15 is 0 Å². The van der Waals surface area contributed by atoms with Gasteiger partial charge in [-0.2, -0.15) is 0 Å². The Hall–Kier alpha value is -1.09. The summed E-state index contributed by atoms with van der Waals surface area (Å²) in [5.41, 5.74) is 0.930. The zero-order valence-electron chi connectivity index (χ0n) is 12.1. The van der Waals surface area contributed by atoms with Crippen LogP contribution in [0.3, 0.4) is 0 Å². The van der Waals surface area contributed by atoms with Crippen LogP contribution in [0.25, 0.3) is 0 Å². The predicted molar refractivity (Wildman–Crippen MR) is 76.0 cm³/mol. The fraction of sp³-hybridized carbons (Fsp3) is 0.625. The minimum absolute atomic E-state index is 0.161. The van der Waals surface area contributed by atoms with Crippen LogP contribution in [-0.2, 0) is 0 Å². The maximum Gasteiger partial charge on any atom is 0.127 e. The average molecular weight is 265 g/mol. The number of rotatable bonds is 5. The normalized spacial score (nSPS) is 20.7. The molecule has 2 nitrogen and oxygen atoms in total. The van der Waals surface area contributed by atoms with Gasteiger partial charge in [0.2, 0.25) is 0 Å². The summed E-state index contributed by atoms with van der Waals surface area (Å²) in [6.07, 6.45) is 3.95. The first-order valence-corrected chi connectivity index (χ1v) is 7.36. The second kappa shape index (κ2) is 5.91. The van der Waals surface area contributed by atoms with Crippen molar-refractivity contribution < 1.29 is 9.13 Å². The molecule has 0 saturated heterocycles. The van der Waals surface area contributed by atoms with Gasteiger partial charge in [-0.05, 0) is 31.9 Å². The van der Waals surface area contributed by atoms with E-state index in [9.17, 15) is 4.39 Å². The van der Waals surface area contributed by atoms with E-state index in [1.54, 1.807) is 0 Å². The molecule has 0 spiro atoms. The third kappa shape index (κ3) is 2.92. The number of hydrogen-bond acceptors (Lipinski definition) is 2. The molecule has 0 saturated carbocycles. The lowest BCUT2D eigenvalue weighted by Gasteiger charge is -2.42. The molecule has 2 rings (SSSR count). The minimum Gasteiger partial charge on any atom is -0.487 e. The fourth-order valence-corrected chi connectivity index (χ4v) is 2.83. The molecule has 1 aliphatic heterocycles. The van der Waals surface area contributed by atoms with E-state index in [1.807, 2.05) is 6.07 Å². The van der Waals surface area contributed by atoms with Crippen LogP contribution in [-0.4, -0.2) is 12.1 Å². The zero-order valence-corrected chi connectivity index (χ0v) is 12.1. The van der Waals surface area contributed by atoms with Crippen molar-refractivity contribution in [2.75, 3.05) is 6.54 Å². The summed E-state index contributed by atoms with van der Waals surface area (Å²) in [6, 6.07) is 5.17. The lowest BCUT2D eigenvalue weighted by Crippen LogP contribution is -2.43. The van der Waals surface area contributed by atoms with E-state index in [-0.39, 0.29) is 17.5 Å². The van der Waals surface area contributed by atoms with Crippen LogP contribution in [0.2, 0.25) is 0 Å². The van der Waals surface area contributed by atoms with Crippen LogP contribution in [0, 0.1) is 5.82 Å². The maximum atomic E-state index is 13.4. The Morgan fingerprint density at radius 2 is 2.05 bits per heavy atom. The Labute approximate surface area is 115 Å². The molecule has 1 N–H and O–H groups in total. The van der Waals surface area contributed by atoms with Crippen LogP contribution in [0.15, 0.2) is 18.2 Å². The molecule has 0 aromatic heterocycles. The Morgan fingerprint density at radius 1 is 1.32 bits per heavy atom. The van der Waals surface area contributed by atoms with Gasteiger partial charge < -0.3 is 10.1 Å². The smallest absolute Gasteiger partial charge is 0.127 e. The van der Waals surface area contributed by atoms with Gasteiger partial charge >= 0.3 is 0 Å². The Morgan fingerprint density at radius 3 is 2.68 bits per heavy atom. The van der Waals surface area contributed by atoms with E-state index in [4.69, 9.17) is 4.74 Å². The first-order chi connectivity index (χ1) is 9.14. The first kappa shape index (κ1) is 14.3. The van der Waals surface area contributed by atoms with Crippen molar-refractivity contribution in [3.05, 3.63) is 29.6 Å². The summed E-state index contributed by atoms with van der Waals surface area (Å²) >= 11 is 0. The molecule has 106 valence electrons. The van der Waals surface area contributed by atoms with Crippen molar-refractivity contribution >= 4 is 0 Å². The van der Waals surface area contributed by atoms with Gasteiger partial charge in [-0.15, -0.1) is 0 Å². The highest BCUT2D eigenvalue weighted by molar-refractivity contribution is 5.39. The van der Waals surface area contributed by atoms with Crippen molar-refractivity contribution in [1.82, 2.24) is 5.32 Å².